The van der Waals surface area contributed by atoms with E-state index in [4.69, 9.17) is 21.1 Å². The highest BCUT2D eigenvalue weighted by Crippen LogP contribution is 2.38. The first-order chi connectivity index (χ1) is 7.74. The third-order valence-corrected chi connectivity index (χ3v) is 3.00. The summed E-state index contributed by atoms with van der Waals surface area (Å²) in [5.41, 5.74) is 0.640. The van der Waals surface area contributed by atoms with Crippen LogP contribution in [0.5, 0.6) is 11.5 Å². The Morgan fingerprint density at radius 1 is 1.56 bits per heavy atom. The molecule has 88 valence electrons. The van der Waals surface area contributed by atoms with Crippen LogP contribution in [0.2, 0.25) is 5.02 Å². The fraction of sp³-hybridized carbons (Fsp3) is 0.455. The Labute approximate surface area is 99.1 Å². The quantitative estimate of drug-likeness (QED) is 0.831. The van der Waals surface area contributed by atoms with Crippen LogP contribution < -0.4 is 10.1 Å². The monoisotopic (exact) mass is 243 g/mol. The molecule has 1 saturated heterocycles. The molecule has 2 rings (SSSR count). The highest BCUT2D eigenvalue weighted by Gasteiger charge is 2.23. The molecule has 1 fully saturated rings. The van der Waals surface area contributed by atoms with Crippen LogP contribution in [0.1, 0.15) is 11.6 Å². The first-order valence-corrected chi connectivity index (χ1v) is 5.48. The number of phenolic OH excluding ortho intramolecular Hbond substituents is 1. The van der Waals surface area contributed by atoms with E-state index in [1.54, 1.807) is 19.2 Å². The second-order valence-electron chi connectivity index (χ2n) is 3.60. The van der Waals surface area contributed by atoms with Crippen LogP contribution in [0.25, 0.3) is 0 Å². The van der Waals surface area contributed by atoms with Crippen LogP contribution in [-0.2, 0) is 4.74 Å². The van der Waals surface area contributed by atoms with Gasteiger partial charge in [-0.15, -0.1) is 0 Å². The second-order valence-corrected chi connectivity index (χ2v) is 3.97. The van der Waals surface area contributed by atoms with Crippen molar-refractivity contribution in [2.24, 2.45) is 0 Å². The van der Waals surface area contributed by atoms with Crippen molar-refractivity contribution in [3.05, 3.63) is 22.7 Å². The number of benzene rings is 1. The molecule has 0 bridgehead atoms. The number of hydrogen-bond donors (Lipinski definition) is 2. The van der Waals surface area contributed by atoms with E-state index in [1.807, 2.05) is 0 Å². The van der Waals surface area contributed by atoms with Gasteiger partial charge in [0.1, 0.15) is 11.5 Å². The maximum atomic E-state index is 9.83. The number of nitrogens with one attached hydrogen (secondary N) is 1. The van der Waals surface area contributed by atoms with Gasteiger partial charge in [-0.2, -0.15) is 0 Å². The summed E-state index contributed by atoms with van der Waals surface area (Å²) in [4.78, 5) is 0. The predicted octanol–water partition coefficient (Wildman–Crippen LogP) is 1.72. The summed E-state index contributed by atoms with van der Waals surface area (Å²) in [6, 6.07) is 3.14. The van der Waals surface area contributed by atoms with Crippen molar-refractivity contribution in [1.29, 1.82) is 0 Å². The maximum absolute atomic E-state index is 9.83. The number of ether oxygens (including phenoxy) is 2. The van der Waals surface area contributed by atoms with E-state index in [2.05, 4.69) is 5.32 Å². The standard InChI is InChI=1S/C11H14ClNO3/c1-15-9-3-2-8(14)10(11(9)12)7-6-16-5-4-13-7/h2-3,7,13-14H,4-6H2,1H3. The lowest BCUT2D eigenvalue weighted by atomic mass is 10.0. The molecule has 1 aromatic carbocycles. The zero-order valence-electron chi connectivity index (χ0n) is 9.00. The predicted molar refractivity (Wildman–Crippen MR) is 61.2 cm³/mol. The summed E-state index contributed by atoms with van der Waals surface area (Å²) in [5, 5.41) is 13.5. The minimum absolute atomic E-state index is 0.0867. The van der Waals surface area contributed by atoms with Crippen molar-refractivity contribution in [3.8, 4) is 11.5 Å². The van der Waals surface area contributed by atoms with Gasteiger partial charge in [-0.05, 0) is 12.1 Å². The summed E-state index contributed by atoms with van der Waals surface area (Å²) in [6.07, 6.45) is 0. The molecule has 16 heavy (non-hydrogen) atoms. The Bertz CT molecular complexity index is 378. The van der Waals surface area contributed by atoms with Crippen LogP contribution in [0.3, 0.4) is 0 Å². The largest absolute Gasteiger partial charge is 0.508 e. The summed E-state index contributed by atoms with van der Waals surface area (Å²) in [5.74, 6) is 0.718. The minimum atomic E-state index is -0.0867. The van der Waals surface area contributed by atoms with Crippen molar-refractivity contribution < 1.29 is 14.6 Å². The molecule has 0 saturated carbocycles. The molecule has 2 N–H and O–H groups in total. The number of morpholine rings is 1. The topological polar surface area (TPSA) is 50.7 Å². The molecule has 0 amide bonds. The molecule has 4 nitrogen and oxygen atoms in total. The van der Waals surface area contributed by atoms with Crippen LogP contribution >= 0.6 is 11.6 Å². The molecule has 0 aliphatic carbocycles. The van der Waals surface area contributed by atoms with Crippen molar-refractivity contribution in [2.75, 3.05) is 26.9 Å². The number of phenols is 1. The Morgan fingerprint density at radius 2 is 2.38 bits per heavy atom. The summed E-state index contributed by atoms with van der Waals surface area (Å²) in [6.45, 7) is 1.93. The van der Waals surface area contributed by atoms with E-state index in [9.17, 15) is 5.11 Å². The number of hydrogen-bond acceptors (Lipinski definition) is 4. The van der Waals surface area contributed by atoms with Crippen LogP contribution in [-0.4, -0.2) is 32.0 Å². The number of aromatic hydroxyl groups is 1. The van der Waals surface area contributed by atoms with Crippen LogP contribution in [0, 0.1) is 0 Å². The third kappa shape index (κ3) is 2.09. The van der Waals surface area contributed by atoms with Gasteiger partial charge in [0.25, 0.3) is 0 Å². The number of methoxy groups -OCH3 is 1. The molecule has 1 atom stereocenters. The Hall–Kier alpha value is -0.970. The lowest BCUT2D eigenvalue weighted by molar-refractivity contribution is 0.0760. The average molecular weight is 244 g/mol. The van der Waals surface area contributed by atoms with E-state index in [0.29, 0.717) is 29.5 Å². The van der Waals surface area contributed by atoms with Gasteiger partial charge in [-0.25, -0.2) is 0 Å². The highest BCUT2D eigenvalue weighted by molar-refractivity contribution is 6.33. The fourth-order valence-electron chi connectivity index (χ4n) is 1.80. The van der Waals surface area contributed by atoms with Crippen molar-refractivity contribution >= 4 is 11.6 Å². The van der Waals surface area contributed by atoms with E-state index in [0.717, 1.165) is 6.54 Å². The van der Waals surface area contributed by atoms with E-state index in [1.165, 1.54) is 0 Å². The lowest BCUT2D eigenvalue weighted by Crippen LogP contribution is -2.34. The lowest BCUT2D eigenvalue weighted by Gasteiger charge is -2.26. The van der Waals surface area contributed by atoms with Crippen LogP contribution in [0.15, 0.2) is 12.1 Å². The van der Waals surface area contributed by atoms with Crippen LogP contribution in [0.4, 0.5) is 0 Å². The fourth-order valence-corrected chi connectivity index (χ4v) is 2.17. The maximum Gasteiger partial charge on any atom is 0.138 e. The summed E-state index contributed by atoms with van der Waals surface area (Å²) in [7, 11) is 1.55. The molecule has 0 spiro atoms. The Morgan fingerprint density at radius 3 is 3.00 bits per heavy atom. The van der Waals surface area contributed by atoms with E-state index >= 15 is 0 Å². The van der Waals surface area contributed by atoms with Gasteiger partial charge in [0.15, 0.2) is 0 Å². The first-order valence-electron chi connectivity index (χ1n) is 5.10. The number of rotatable bonds is 2. The molecule has 1 aromatic rings. The molecule has 5 heteroatoms. The molecule has 1 unspecified atom stereocenters. The van der Waals surface area contributed by atoms with E-state index < -0.39 is 0 Å². The minimum Gasteiger partial charge on any atom is -0.508 e. The normalized spacial score (nSPS) is 20.8. The highest BCUT2D eigenvalue weighted by atomic mass is 35.5. The van der Waals surface area contributed by atoms with Gasteiger partial charge in [-0.1, -0.05) is 11.6 Å². The zero-order valence-corrected chi connectivity index (χ0v) is 9.75. The first kappa shape index (κ1) is 11.5. The molecule has 0 radical (unpaired) electrons. The van der Waals surface area contributed by atoms with Crippen molar-refractivity contribution in [1.82, 2.24) is 5.32 Å². The summed E-state index contributed by atoms with van der Waals surface area (Å²) >= 11 is 6.17. The van der Waals surface area contributed by atoms with Gasteiger partial charge in [0.05, 0.1) is 31.4 Å². The SMILES string of the molecule is COc1ccc(O)c(C2COCCN2)c1Cl. The molecule has 0 aromatic heterocycles. The van der Waals surface area contributed by atoms with E-state index in [-0.39, 0.29) is 11.8 Å². The van der Waals surface area contributed by atoms with Gasteiger partial charge in [-0.3, -0.25) is 0 Å². The Balaban J connectivity index is 2.37. The molecular weight excluding hydrogens is 230 g/mol. The smallest absolute Gasteiger partial charge is 0.138 e. The zero-order chi connectivity index (χ0) is 11.5. The van der Waals surface area contributed by atoms with Crippen molar-refractivity contribution in [3.63, 3.8) is 0 Å². The number of halogens is 1. The van der Waals surface area contributed by atoms with Gasteiger partial charge >= 0.3 is 0 Å². The summed E-state index contributed by atoms with van der Waals surface area (Å²) < 4.78 is 10.5. The Kier molecular flexibility index (Phi) is 3.53. The third-order valence-electron chi connectivity index (χ3n) is 2.61. The van der Waals surface area contributed by atoms with Crippen molar-refractivity contribution in [2.45, 2.75) is 6.04 Å². The molecule has 1 aliphatic rings. The second kappa shape index (κ2) is 4.91. The molecule has 1 aliphatic heterocycles. The average Bonchev–Trinajstić information content (AvgIpc) is 2.31. The van der Waals surface area contributed by atoms with Gasteiger partial charge in [0.2, 0.25) is 0 Å². The molecule has 1 heterocycles. The molecular formula is C11H14ClNO3. The van der Waals surface area contributed by atoms with Gasteiger partial charge < -0.3 is 19.9 Å². The van der Waals surface area contributed by atoms with Gasteiger partial charge in [0, 0.05) is 12.1 Å².